The zero-order chi connectivity index (χ0) is 22.0. The van der Waals surface area contributed by atoms with Gasteiger partial charge in [-0.2, -0.15) is 0 Å². The van der Waals surface area contributed by atoms with Crippen molar-refractivity contribution in [3.63, 3.8) is 0 Å². The Bertz CT molecular complexity index is 1130. The number of carbonyl (C=O) groups is 1. The third-order valence-electron chi connectivity index (χ3n) is 5.47. The van der Waals surface area contributed by atoms with E-state index in [-0.39, 0.29) is 50.0 Å². The molecule has 7 heteroatoms. The fraction of sp³-hybridized carbons (Fsp3) is 0.280. The molecule has 2 atom stereocenters. The minimum absolute atomic E-state index is 0. The second kappa shape index (κ2) is 10.9. The topological polar surface area (TPSA) is 90.7 Å². The Morgan fingerprint density at radius 1 is 1.12 bits per heavy atom. The van der Waals surface area contributed by atoms with Gasteiger partial charge in [-0.25, -0.2) is 4.39 Å². The van der Waals surface area contributed by atoms with Gasteiger partial charge in [0.15, 0.2) is 0 Å². The van der Waals surface area contributed by atoms with Crippen LogP contribution in [0.25, 0.3) is 28.1 Å². The third-order valence-corrected chi connectivity index (χ3v) is 5.47. The molecule has 32 heavy (non-hydrogen) atoms. The number of halogens is 1. The number of aliphatic carboxylic acids is 1. The number of benzene rings is 2. The van der Waals surface area contributed by atoms with Crippen LogP contribution in [-0.2, 0) is 4.79 Å². The van der Waals surface area contributed by atoms with Crippen LogP contribution in [-0.4, -0.2) is 76.2 Å². The number of hydrogen-bond acceptors (Lipinski definition) is 4. The summed E-state index contributed by atoms with van der Waals surface area (Å²) in [7, 11) is 0. The summed E-state index contributed by atoms with van der Waals surface area (Å²) in [6, 6.07) is 14.1. The van der Waals surface area contributed by atoms with Gasteiger partial charge in [-0.15, -0.1) is 0 Å². The minimum Gasteiger partial charge on any atom is -0.481 e. The maximum atomic E-state index is 13.6. The van der Waals surface area contributed by atoms with Crippen LogP contribution in [0.3, 0.4) is 0 Å². The van der Waals surface area contributed by atoms with Crippen LogP contribution in [0.15, 0.2) is 54.6 Å². The van der Waals surface area contributed by atoms with Gasteiger partial charge < -0.3 is 15.3 Å². The number of carboxylic acids is 1. The van der Waals surface area contributed by atoms with Gasteiger partial charge in [0.2, 0.25) is 0 Å². The first-order valence-electron chi connectivity index (χ1n) is 10.4. The number of nitrogens with zero attached hydrogens (tertiary/aromatic N) is 1. The molecule has 0 spiro atoms. The van der Waals surface area contributed by atoms with E-state index in [4.69, 9.17) is 10.1 Å². The standard InChI is InChI=1S/C25H24FNO4.Ca/c26-17-9-7-15(8-10-17)24-20-3-1-2-4-22(20)27-25(16-5-6-16)21(24)12-11-18(28)13-19(29)14-23(30)31;/h1-4,7-12,16,18-19,28-29H,5-6,13-14H2,(H,30,31);/b12-11+;/t18-,19+;/m1./s1. The van der Waals surface area contributed by atoms with E-state index in [1.807, 2.05) is 24.3 Å². The first kappa shape index (κ1) is 24.8. The summed E-state index contributed by atoms with van der Waals surface area (Å²) in [6.45, 7) is 0. The van der Waals surface area contributed by atoms with Gasteiger partial charge >= 0.3 is 5.97 Å². The zero-order valence-electron chi connectivity index (χ0n) is 17.6. The molecule has 1 saturated carbocycles. The van der Waals surface area contributed by atoms with Gasteiger partial charge in [-0.1, -0.05) is 42.5 Å². The number of aliphatic hydroxyl groups excluding tert-OH is 2. The van der Waals surface area contributed by atoms with E-state index in [1.165, 1.54) is 12.1 Å². The molecule has 1 fully saturated rings. The minimum atomic E-state index is -1.13. The van der Waals surface area contributed by atoms with Gasteiger partial charge in [0.1, 0.15) is 5.82 Å². The normalized spacial score (nSPS) is 15.5. The van der Waals surface area contributed by atoms with Crippen LogP contribution in [0.4, 0.5) is 4.39 Å². The molecule has 1 aliphatic rings. The molecule has 2 aromatic carbocycles. The maximum Gasteiger partial charge on any atom is 0.305 e. The van der Waals surface area contributed by atoms with Crippen molar-refractivity contribution in [1.82, 2.24) is 4.98 Å². The van der Waals surface area contributed by atoms with Crippen molar-refractivity contribution < 1.29 is 24.5 Å². The number of aliphatic hydroxyl groups is 2. The molecular weight excluding hydrogens is 437 g/mol. The number of carboxylic acid groups (broad SMARTS) is 1. The molecule has 0 amide bonds. The van der Waals surface area contributed by atoms with Crippen molar-refractivity contribution in [1.29, 1.82) is 0 Å². The molecule has 0 aliphatic heterocycles. The summed E-state index contributed by atoms with van der Waals surface area (Å²) in [5.74, 6) is -1.10. The largest absolute Gasteiger partial charge is 0.481 e. The third kappa shape index (κ3) is 5.94. The second-order valence-electron chi connectivity index (χ2n) is 8.00. The van der Waals surface area contributed by atoms with Gasteiger partial charge in [0, 0.05) is 66.6 Å². The fourth-order valence-corrected chi connectivity index (χ4v) is 3.86. The predicted molar refractivity (Wildman–Crippen MR) is 123 cm³/mol. The molecular formula is C25H24CaFNO4. The van der Waals surface area contributed by atoms with E-state index in [2.05, 4.69) is 0 Å². The summed E-state index contributed by atoms with van der Waals surface area (Å²) in [6.07, 6.45) is 2.80. The van der Waals surface area contributed by atoms with Gasteiger partial charge in [-0.3, -0.25) is 9.78 Å². The summed E-state index contributed by atoms with van der Waals surface area (Å²) in [5, 5.41) is 29.9. The van der Waals surface area contributed by atoms with Crippen LogP contribution in [0, 0.1) is 5.82 Å². The zero-order valence-corrected chi connectivity index (χ0v) is 19.8. The van der Waals surface area contributed by atoms with Crippen molar-refractivity contribution in [3.8, 4) is 11.1 Å². The Labute approximate surface area is 215 Å². The Morgan fingerprint density at radius 2 is 1.81 bits per heavy atom. The van der Waals surface area contributed by atoms with E-state index < -0.39 is 24.6 Å². The first-order valence-corrected chi connectivity index (χ1v) is 10.4. The SMILES string of the molecule is O=C(O)C[C@@H](O)C[C@H](O)/C=C/c1c(C2CC2)nc2ccccc2c1-c1ccc(F)cc1.[Ca]. The first-order chi connectivity index (χ1) is 14.9. The number of hydrogen-bond donors (Lipinski definition) is 3. The molecule has 1 aliphatic carbocycles. The average Bonchev–Trinajstić information content (AvgIpc) is 3.56. The van der Waals surface area contributed by atoms with Crippen LogP contribution < -0.4 is 0 Å². The number of pyridine rings is 1. The van der Waals surface area contributed by atoms with Gasteiger partial charge in [0.05, 0.1) is 29.8 Å². The van der Waals surface area contributed by atoms with Crippen molar-refractivity contribution in [2.24, 2.45) is 0 Å². The Balaban J connectivity index is 0.00000289. The Hall–Kier alpha value is -1.83. The predicted octanol–water partition coefficient (Wildman–Crippen LogP) is 4.14. The van der Waals surface area contributed by atoms with Crippen molar-refractivity contribution in [2.75, 3.05) is 0 Å². The van der Waals surface area contributed by atoms with Crippen molar-refractivity contribution in [3.05, 3.63) is 71.7 Å². The number of para-hydroxylation sites is 1. The van der Waals surface area contributed by atoms with E-state index in [1.54, 1.807) is 24.3 Å². The number of fused-ring (bicyclic) bond motifs is 1. The summed E-state index contributed by atoms with van der Waals surface area (Å²) in [5.41, 5.74) is 4.43. The van der Waals surface area contributed by atoms with Crippen LogP contribution in [0.2, 0.25) is 0 Å². The van der Waals surface area contributed by atoms with Gasteiger partial charge in [-0.05, 0) is 36.6 Å². The molecule has 162 valence electrons. The summed E-state index contributed by atoms with van der Waals surface area (Å²) in [4.78, 5) is 15.6. The molecule has 4 rings (SSSR count). The van der Waals surface area contributed by atoms with Crippen LogP contribution >= 0.6 is 0 Å². The molecule has 3 aromatic rings. The quantitative estimate of drug-likeness (QED) is 0.439. The van der Waals surface area contributed by atoms with E-state index in [0.717, 1.165) is 46.1 Å². The average molecular weight is 462 g/mol. The Morgan fingerprint density at radius 3 is 2.47 bits per heavy atom. The molecule has 1 aromatic heterocycles. The van der Waals surface area contributed by atoms with E-state index in [0.29, 0.717) is 5.92 Å². The van der Waals surface area contributed by atoms with Crippen LogP contribution in [0.1, 0.15) is 42.9 Å². The second-order valence-corrected chi connectivity index (χ2v) is 8.00. The smallest absolute Gasteiger partial charge is 0.305 e. The molecule has 0 saturated heterocycles. The number of rotatable bonds is 8. The molecule has 3 N–H and O–H groups in total. The monoisotopic (exact) mass is 461 g/mol. The van der Waals surface area contributed by atoms with Crippen LogP contribution in [0.5, 0.6) is 0 Å². The van der Waals surface area contributed by atoms with E-state index in [9.17, 15) is 19.4 Å². The molecule has 5 nitrogen and oxygen atoms in total. The van der Waals surface area contributed by atoms with E-state index >= 15 is 0 Å². The molecule has 2 radical (unpaired) electrons. The molecule has 0 bridgehead atoms. The summed E-state index contributed by atoms with van der Waals surface area (Å²) < 4.78 is 13.6. The number of aromatic nitrogens is 1. The van der Waals surface area contributed by atoms with Crippen molar-refractivity contribution in [2.45, 2.75) is 43.8 Å². The van der Waals surface area contributed by atoms with Crippen molar-refractivity contribution >= 4 is 60.7 Å². The maximum absolute atomic E-state index is 13.6. The molecule has 1 heterocycles. The fourth-order valence-electron chi connectivity index (χ4n) is 3.86. The molecule has 0 unspecified atom stereocenters. The summed E-state index contributed by atoms with van der Waals surface area (Å²) >= 11 is 0. The van der Waals surface area contributed by atoms with Gasteiger partial charge in [0.25, 0.3) is 0 Å². The Kier molecular flexibility index (Phi) is 8.42.